The van der Waals surface area contributed by atoms with Crippen LogP contribution >= 0.6 is 12.2 Å². The van der Waals surface area contributed by atoms with Crippen LogP contribution in [0, 0.1) is 0 Å². The lowest BCUT2D eigenvalue weighted by Crippen LogP contribution is -2.32. The van der Waals surface area contributed by atoms with Crippen LogP contribution in [-0.4, -0.2) is 42.8 Å². The van der Waals surface area contributed by atoms with E-state index in [-0.39, 0.29) is 5.91 Å². The first-order valence-electron chi connectivity index (χ1n) is 8.62. The maximum absolute atomic E-state index is 12.6. The van der Waals surface area contributed by atoms with Gasteiger partial charge in [-0.2, -0.15) is 0 Å². The Morgan fingerprint density at radius 2 is 1.96 bits per heavy atom. The zero-order chi connectivity index (χ0) is 18.5. The average molecular weight is 370 g/mol. The molecule has 6 heteroatoms. The predicted octanol–water partition coefficient (Wildman–Crippen LogP) is 3.33. The zero-order valence-electron chi connectivity index (χ0n) is 15.0. The minimum atomic E-state index is -0.0960. The molecule has 136 valence electrons. The van der Waals surface area contributed by atoms with Crippen molar-refractivity contribution >= 4 is 40.1 Å². The van der Waals surface area contributed by atoms with Crippen molar-refractivity contribution in [3.63, 3.8) is 0 Å². The lowest BCUT2D eigenvalue weighted by atomic mass is 10.1. The van der Waals surface area contributed by atoms with Gasteiger partial charge in [0.2, 0.25) is 0 Å². The SMILES string of the molecule is CCOCCCN1C(=O)/C(=C\c2ccc3cc(OC)ccc3c2)NC1=S. The topological polar surface area (TPSA) is 50.8 Å². The van der Waals surface area contributed by atoms with Crippen molar-refractivity contribution in [3.05, 3.63) is 47.7 Å². The number of fused-ring (bicyclic) bond motifs is 1. The van der Waals surface area contributed by atoms with Gasteiger partial charge in [0.15, 0.2) is 5.11 Å². The molecule has 5 nitrogen and oxygen atoms in total. The highest BCUT2D eigenvalue weighted by molar-refractivity contribution is 7.80. The molecule has 0 radical (unpaired) electrons. The van der Waals surface area contributed by atoms with Gasteiger partial charge in [-0.3, -0.25) is 9.69 Å². The van der Waals surface area contributed by atoms with Crippen LogP contribution in [0.15, 0.2) is 42.1 Å². The van der Waals surface area contributed by atoms with Crippen LogP contribution < -0.4 is 10.1 Å². The molecule has 1 saturated heterocycles. The maximum atomic E-state index is 12.6. The highest BCUT2D eigenvalue weighted by atomic mass is 32.1. The van der Waals surface area contributed by atoms with E-state index >= 15 is 0 Å². The molecule has 26 heavy (non-hydrogen) atoms. The first-order chi connectivity index (χ1) is 12.6. The van der Waals surface area contributed by atoms with E-state index in [2.05, 4.69) is 5.32 Å². The van der Waals surface area contributed by atoms with E-state index in [0.717, 1.165) is 28.5 Å². The number of thiocarbonyl (C=S) groups is 1. The Labute approximate surface area is 158 Å². The second-order valence-corrected chi connectivity index (χ2v) is 6.35. The van der Waals surface area contributed by atoms with Crippen molar-refractivity contribution in [2.45, 2.75) is 13.3 Å². The summed E-state index contributed by atoms with van der Waals surface area (Å²) in [5, 5.41) is 5.64. The fourth-order valence-corrected chi connectivity index (χ4v) is 3.15. The molecule has 1 fully saturated rings. The molecule has 2 aromatic rings. The predicted molar refractivity (Wildman–Crippen MR) is 107 cm³/mol. The first kappa shape index (κ1) is 18.4. The lowest BCUT2D eigenvalue weighted by molar-refractivity contribution is -0.122. The van der Waals surface area contributed by atoms with Gasteiger partial charge in [-0.25, -0.2) is 0 Å². The van der Waals surface area contributed by atoms with E-state index in [4.69, 9.17) is 21.7 Å². The summed E-state index contributed by atoms with van der Waals surface area (Å²) in [4.78, 5) is 14.2. The minimum Gasteiger partial charge on any atom is -0.497 e. The Morgan fingerprint density at radius 3 is 2.73 bits per heavy atom. The highest BCUT2D eigenvalue weighted by Crippen LogP contribution is 2.23. The van der Waals surface area contributed by atoms with Crippen molar-refractivity contribution in [2.75, 3.05) is 26.9 Å². The van der Waals surface area contributed by atoms with Crippen LogP contribution in [-0.2, 0) is 9.53 Å². The second kappa shape index (κ2) is 8.29. The molecule has 2 aromatic carbocycles. The number of nitrogens with one attached hydrogen (secondary N) is 1. The fraction of sp³-hybridized carbons (Fsp3) is 0.300. The van der Waals surface area contributed by atoms with E-state index in [0.29, 0.717) is 30.6 Å². The Bertz CT molecular complexity index is 863. The van der Waals surface area contributed by atoms with Gasteiger partial charge in [0.1, 0.15) is 11.4 Å². The summed E-state index contributed by atoms with van der Waals surface area (Å²) in [5.41, 5.74) is 1.44. The van der Waals surface area contributed by atoms with Crippen LogP contribution in [0.2, 0.25) is 0 Å². The quantitative estimate of drug-likeness (QED) is 0.460. The molecule has 0 atom stereocenters. The summed E-state index contributed by atoms with van der Waals surface area (Å²) in [7, 11) is 1.65. The zero-order valence-corrected chi connectivity index (χ0v) is 15.8. The Balaban J connectivity index is 1.76. The summed E-state index contributed by atoms with van der Waals surface area (Å²) >= 11 is 5.29. The molecule has 1 amide bonds. The average Bonchev–Trinajstić information content (AvgIpc) is 2.91. The van der Waals surface area contributed by atoms with Crippen molar-refractivity contribution in [2.24, 2.45) is 0 Å². The number of benzene rings is 2. The third-order valence-electron chi connectivity index (χ3n) is 4.22. The second-order valence-electron chi connectivity index (χ2n) is 5.97. The van der Waals surface area contributed by atoms with Crippen molar-refractivity contribution < 1.29 is 14.3 Å². The highest BCUT2D eigenvalue weighted by Gasteiger charge is 2.29. The van der Waals surface area contributed by atoms with Crippen LogP contribution in [0.4, 0.5) is 0 Å². The Hall–Kier alpha value is -2.44. The van der Waals surface area contributed by atoms with Crippen LogP contribution in [0.1, 0.15) is 18.9 Å². The van der Waals surface area contributed by atoms with E-state index in [1.54, 1.807) is 12.0 Å². The molecule has 0 saturated carbocycles. The number of methoxy groups -OCH3 is 1. The third kappa shape index (κ3) is 4.03. The van der Waals surface area contributed by atoms with Gasteiger partial charge in [0, 0.05) is 19.8 Å². The first-order valence-corrected chi connectivity index (χ1v) is 9.03. The number of nitrogens with zero attached hydrogens (tertiary/aromatic N) is 1. The molecule has 1 aliphatic heterocycles. The summed E-state index contributed by atoms with van der Waals surface area (Å²) in [6.45, 7) is 3.80. The smallest absolute Gasteiger partial charge is 0.276 e. The largest absolute Gasteiger partial charge is 0.497 e. The molecule has 0 bridgehead atoms. The van der Waals surface area contributed by atoms with Gasteiger partial charge in [0.05, 0.1) is 7.11 Å². The molecule has 0 aromatic heterocycles. The van der Waals surface area contributed by atoms with E-state index in [1.807, 2.05) is 49.4 Å². The van der Waals surface area contributed by atoms with E-state index < -0.39 is 0 Å². The van der Waals surface area contributed by atoms with Gasteiger partial charge < -0.3 is 14.8 Å². The number of rotatable bonds is 7. The molecular formula is C20H22N2O3S. The van der Waals surface area contributed by atoms with Gasteiger partial charge >= 0.3 is 0 Å². The van der Waals surface area contributed by atoms with Crippen LogP contribution in [0.3, 0.4) is 0 Å². The number of carbonyl (C=O) groups is 1. The Morgan fingerprint density at radius 1 is 1.19 bits per heavy atom. The summed E-state index contributed by atoms with van der Waals surface area (Å²) < 4.78 is 10.6. The van der Waals surface area contributed by atoms with Gasteiger partial charge in [-0.05, 0) is 66.2 Å². The fourth-order valence-electron chi connectivity index (χ4n) is 2.87. The van der Waals surface area contributed by atoms with Gasteiger partial charge in [-0.1, -0.05) is 18.2 Å². The number of amides is 1. The van der Waals surface area contributed by atoms with Gasteiger partial charge in [0.25, 0.3) is 5.91 Å². The Kier molecular flexibility index (Phi) is 5.85. The van der Waals surface area contributed by atoms with Crippen LogP contribution in [0.5, 0.6) is 5.75 Å². The number of carbonyl (C=O) groups excluding carboxylic acids is 1. The van der Waals surface area contributed by atoms with Crippen molar-refractivity contribution in [1.82, 2.24) is 10.2 Å². The maximum Gasteiger partial charge on any atom is 0.276 e. The number of hydrogen-bond donors (Lipinski definition) is 1. The van der Waals surface area contributed by atoms with E-state index in [9.17, 15) is 4.79 Å². The minimum absolute atomic E-state index is 0.0960. The standard InChI is InChI=1S/C20H22N2O3S/c1-3-25-10-4-9-22-19(23)18(21-20(22)26)12-14-5-6-16-13-17(24-2)8-7-15(16)11-14/h5-8,11-13H,3-4,9-10H2,1-2H3,(H,21,26)/b18-12+. The summed E-state index contributed by atoms with van der Waals surface area (Å²) in [6, 6.07) is 11.9. The molecule has 0 spiro atoms. The molecule has 3 rings (SSSR count). The van der Waals surface area contributed by atoms with Crippen molar-refractivity contribution in [1.29, 1.82) is 0 Å². The van der Waals surface area contributed by atoms with Crippen LogP contribution in [0.25, 0.3) is 16.8 Å². The molecular weight excluding hydrogens is 348 g/mol. The normalized spacial score (nSPS) is 15.8. The molecule has 1 aliphatic rings. The van der Waals surface area contributed by atoms with Gasteiger partial charge in [-0.15, -0.1) is 0 Å². The summed E-state index contributed by atoms with van der Waals surface area (Å²) in [6.07, 6.45) is 2.59. The summed E-state index contributed by atoms with van der Waals surface area (Å²) in [5.74, 6) is 0.727. The van der Waals surface area contributed by atoms with Crippen molar-refractivity contribution in [3.8, 4) is 5.75 Å². The van der Waals surface area contributed by atoms with E-state index in [1.165, 1.54) is 0 Å². The number of ether oxygens (including phenoxy) is 2. The lowest BCUT2D eigenvalue weighted by Gasteiger charge is -2.13. The monoisotopic (exact) mass is 370 g/mol. The molecule has 1 heterocycles. The molecule has 0 aliphatic carbocycles. The third-order valence-corrected chi connectivity index (χ3v) is 4.54. The molecule has 1 N–H and O–H groups in total. The molecule has 0 unspecified atom stereocenters. The number of hydrogen-bond acceptors (Lipinski definition) is 4.